The summed E-state index contributed by atoms with van der Waals surface area (Å²) in [6.07, 6.45) is 0. The number of nitrogens with two attached hydrogens (primary N) is 1. The van der Waals surface area contributed by atoms with Gasteiger partial charge >= 0.3 is 0 Å². The van der Waals surface area contributed by atoms with Gasteiger partial charge in [0.2, 0.25) is 5.43 Å². The van der Waals surface area contributed by atoms with Crippen molar-refractivity contribution < 1.29 is 9.13 Å². The Kier molecular flexibility index (Phi) is 3.36. The van der Waals surface area contributed by atoms with Crippen LogP contribution in [0.4, 0.5) is 10.1 Å². The Morgan fingerprint density at radius 3 is 3.04 bits per heavy atom. The van der Waals surface area contributed by atoms with Crippen LogP contribution < -0.4 is 26.4 Å². The summed E-state index contributed by atoms with van der Waals surface area (Å²) in [6.45, 7) is 3.49. The Hall–Kier alpha value is -2.88. The molecule has 1 atom stereocenters. The normalized spacial score (nSPS) is 19.4. The predicted octanol–water partition coefficient (Wildman–Crippen LogP) is 1.17. The monoisotopic (exact) mass is 389 g/mol. The molecule has 10 heteroatoms. The van der Waals surface area contributed by atoms with Gasteiger partial charge in [0.25, 0.3) is 5.56 Å². The first-order valence-electron chi connectivity index (χ1n) is 8.55. The van der Waals surface area contributed by atoms with Crippen molar-refractivity contribution in [2.24, 2.45) is 10.7 Å². The predicted molar refractivity (Wildman–Crippen MR) is 103 cm³/mol. The molecule has 3 aromatic rings. The summed E-state index contributed by atoms with van der Waals surface area (Å²) in [6, 6.07) is 1.09. The van der Waals surface area contributed by atoms with Gasteiger partial charge in [-0.2, -0.15) is 0 Å². The lowest BCUT2D eigenvalue weighted by Crippen LogP contribution is -2.41. The third kappa shape index (κ3) is 2.16. The topological polar surface area (TPSA) is 106 Å². The number of hydrogen-bond acceptors (Lipinski definition) is 7. The highest BCUT2D eigenvalue weighted by atomic mass is 32.1. The Labute approximate surface area is 155 Å². The summed E-state index contributed by atoms with van der Waals surface area (Å²) in [5.41, 5.74) is 5.70. The van der Waals surface area contributed by atoms with Crippen LogP contribution in [0.5, 0.6) is 5.75 Å². The summed E-state index contributed by atoms with van der Waals surface area (Å²) >= 11 is 1.11. The number of pyridine rings is 1. The summed E-state index contributed by atoms with van der Waals surface area (Å²) in [7, 11) is 0. The van der Waals surface area contributed by atoms with E-state index in [2.05, 4.69) is 9.37 Å². The Balaban J connectivity index is 1.93. The van der Waals surface area contributed by atoms with Crippen LogP contribution in [-0.4, -0.2) is 41.0 Å². The minimum absolute atomic E-state index is 0.0636. The fourth-order valence-electron chi connectivity index (χ4n) is 3.88. The molecule has 27 heavy (non-hydrogen) atoms. The van der Waals surface area contributed by atoms with Crippen LogP contribution in [0, 0.1) is 5.82 Å². The van der Waals surface area contributed by atoms with E-state index in [1.807, 2.05) is 11.5 Å². The molecule has 0 spiro atoms. The molecular weight excluding hydrogens is 373 g/mol. The van der Waals surface area contributed by atoms with Crippen molar-refractivity contribution in [3.05, 3.63) is 32.5 Å². The maximum absolute atomic E-state index is 15.1. The lowest BCUT2D eigenvalue weighted by Gasteiger charge is -2.33. The third-order valence-corrected chi connectivity index (χ3v) is 5.94. The van der Waals surface area contributed by atoms with Crippen molar-refractivity contribution in [3.63, 3.8) is 0 Å². The van der Waals surface area contributed by atoms with E-state index in [0.717, 1.165) is 11.5 Å². The molecule has 0 radical (unpaired) electrons. The maximum atomic E-state index is 15.1. The summed E-state index contributed by atoms with van der Waals surface area (Å²) in [4.78, 5) is 31.5. The minimum atomic E-state index is -0.573. The zero-order chi connectivity index (χ0) is 18.9. The molecule has 2 aromatic heterocycles. The van der Waals surface area contributed by atoms with Crippen LogP contribution >= 0.6 is 11.5 Å². The molecular formula is C17H16FN5O3S. The zero-order valence-electron chi connectivity index (χ0n) is 14.4. The number of fused-ring (bicyclic) bond motifs is 2. The molecule has 0 amide bonds. The smallest absolute Gasteiger partial charge is 0.271 e. The molecule has 8 nitrogen and oxygen atoms in total. The molecule has 0 bridgehead atoms. The number of H-pyrrole nitrogens is 1. The Morgan fingerprint density at radius 2 is 2.26 bits per heavy atom. The molecule has 5 rings (SSSR count). The standard InChI is InChI=1S/C17H16FN5O3S/c1-7-6-26-15-12-8(14(24)11-16(25)21-27-17(11)23(7)12)4-9(18)13(15)22-3-2-20-10(19)5-22/h4,7H,2-3,5-6H2,1H3,(H2,19,20)(H,21,25)/t7-/m0/s1. The number of halogens is 1. The van der Waals surface area contributed by atoms with Crippen molar-refractivity contribution in [2.75, 3.05) is 31.1 Å². The second-order valence-electron chi connectivity index (χ2n) is 6.80. The number of amidine groups is 1. The summed E-state index contributed by atoms with van der Waals surface area (Å²) in [5, 5.41) is 0.210. The van der Waals surface area contributed by atoms with Crippen LogP contribution in [0.25, 0.3) is 21.1 Å². The molecule has 0 saturated carbocycles. The Bertz CT molecular complexity index is 1260. The summed E-state index contributed by atoms with van der Waals surface area (Å²) < 4.78 is 25.5. The molecule has 140 valence electrons. The van der Waals surface area contributed by atoms with Gasteiger partial charge in [-0.25, -0.2) is 4.39 Å². The van der Waals surface area contributed by atoms with Crippen molar-refractivity contribution in [3.8, 4) is 5.75 Å². The van der Waals surface area contributed by atoms with Gasteiger partial charge in [-0.15, -0.1) is 0 Å². The SMILES string of the molecule is C[C@H]1COc2c(N3CCN=C(N)C3)c(F)cc3c(=O)c4c(=O)[nH]sc4n1c23. The van der Waals surface area contributed by atoms with E-state index >= 15 is 4.39 Å². The van der Waals surface area contributed by atoms with Gasteiger partial charge in [0.1, 0.15) is 28.3 Å². The molecule has 4 heterocycles. The van der Waals surface area contributed by atoms with Crippen molar-refractivity contribution in [1.82, 2.24) is 8.94 Å². The molecule has 0 aliphatic carbocycles. The number of aliphatic imine (C=N–C) groups is 1. The number of benzene rings is 1. The van der Waals surface area contributed by atoms with E-state index in [4.69, 9.17) is 10.5 Å². The van der Waals surface area contributed by atoms with Gasteiger partial charge in [-0.1, -0.05) is 0 Å². The fourth-order valence-corrected chi connectivity index (χ4v) is 4.83. The van der Waals surface area contributed by atoms with Crippen LogP contribution in [0.1, 0.15) is 13.0 Å². The van der Waals surface area contributed by atoms with Crippen LogP contribution in [-0.2, 0) is 0 Å². The highest BCUT2D eigenvalue weighted by molar-refractivity contribution is 7.12. The van der Waals surface area contributed by atoms with Gasteiger partial charge in [-0.05, 0) is 24.5 Å². The van der Waals surface area contributed by atoms with Gasteiger partial charge in [0.05, 0.1) is 30.0 Å². The maximum Gasteiger partial charge on any atom is 0.271 e. The first kappa shape index (κ1) is 16.3. The van der Waals surface area contributed by atoms with Crippen molar-refractivity contribution in [2.45, 2.75) is 13.0 Å². The third-order valence-electron chi connectivity index (χ3n) is 5.06. The number of nitrogens with zero attached hydrogens (tertiary/aromatic N) is 3. The van der Waals surface area contributed by atoms with Crippen LogP contribution in [0.3, 0.4) is 0 Å². The van der Waals surface area contributed by atoms with E-state index in [-0.39, 0.29) is 29.0 Å². The lowest BCUT2D eigenvalue weighted by molar-refractivity contribution is 0.250. The average Bonchev–Trinajstić information content (AvgIpc) is 3.02. The largest absolute Gasteiger partial charge is 0.487 e. The highest BCUT2D eigenvalue weighted by Gasteiger charge is 2.31. The van der Waals surface area contributed by atoms with Gasteiger partial charge in [0, 0.05) is 6.54 Å². The summed E-state index contributed by atoms with van der Waals surface area (Å²) in [5.74, 6) is 0.169. The number of rotatable bonds is 1. The molecule has 2 aliphatic heterocycles. The number of aromatic amines is 1. The van der Waals surface area contributed by atoms with Crippen LogP contribution in [0.2, 0.25) is 0 Å². The van der Waals surface area contributed by atoms with Gasteiger partial charge < -0.3 is 19.9 Å². The molecule has 0 saturated heterocycles. The molecule has 1 aromatic carbocycles. The second-order valence-corrected chi connectivity index (χ2v) is 7.59. The first-order valence-corrected chi connectivity index (χ1v) is 9.37. The first-order chi connectivity index (χ1) is 13.0. The van der Waals surface area contributed by atoms with Crippen molar-refractivity contribution in [1.29, 1.82) is 0 Å². The molecule has 2 aliphatic rings. The number of hydrogen-bond donors (Lipinski definition) is 2. The molecule has 0 fully saturated rings. The molecule has 0 unspecified atom stereocenters. The number of anilines is 1. The van der Waals surface area contributed by atoms with E-state index in [1.165, 1.54) is 6.07 Å². The Morgan fingerprint density at radius 1 is 1.44 bits per heavy atom. The fraction of sp³-hybridized carbons (Fsp3) is 0.353. The van der Waals surface area contributed by atoms with E-state index in [1.54, 1.807) is 4.90 Å². The van der Waals surface area contributed by atoms with E-state index in [0.29, 0.717) is 41.6 Å². The highest BCUT2D eigenvalue weighted by Crippen LogP contribution is 2.43. The number of ether oxygens (including phenoxy) is 1. The van der Waals surface area contributed by atoms with Gasteiger partial charge in [0.15, 0.2) is 11.6 Å². The zero-order valence-corrected chi connectivity index (χ0v) is 15.2. The van der Waals surface area contributed by atoms with Crippen LogP contribution in [0.15, 0.2) is 20.6 Å². The van der Waals surface area contributed by atoms with Gasteiger partial charge in [-0.3, -0.25) is 19.0 Å². The number of aromatic nitrogens is 2. The molecule has 3 N–H and O–H groups in total. The average molecular weight is 389 g/mol. The minimum Gasteiger partial charge on any atom is -0.487 e. The van der Waals surface area contributed by atoms with E-state index in [9.17, 15) is 9.59 Å². The van der Waals surface area contributed by atoms with E-state index < -0.39 is 16.8 Å². The lowest BCUT2D eigenvalue weighted by atomic mass is 10.1. The van der Waals surface area contributed by atoms with Crippen molar-refractivity contribution >= 4 is 44.2 Å². The second kappa shape index (κ2) is 5.56. The number of nitrogens with one attached hydrogen (secondary N) is 1. The quantitative estimate of drug-likeness (QED) is 0.650.